The van der Waals surface area contributed by atoms with E-state index in [1.54, 1.807) is 12.1 Å². The van der Waals surface area contributed by atoms with Gasteiger partial charge in [-0.1, -0.05) is 18.2 Å². The van der Waals surface area contributed by atoms with Gasteiger partial charge in [-0.2, -0.15) is 0 Å². The Balaban J connectivity index is 1.61. The van der Waals surface area contributed by atoms with Gasteiger partial charge in [-0.3, -0.25) is 4.90 Å². The lowest BCUT2D eigenvalue weighted by Gasteiger charge is -2.36. The highest BCUT2D eigenvalue weighted by Crippen LogP contribution is 2.21. The predicted molar refractivity (Wildman–Crippen MR) is 80.2 cm³/mol. The highest BCUT2D eigenvalue weighted by Gasteiger charge is 2.20. The Morgan fingerprint density at radius 3 is 2.23 bits per heavy atom. The molecule has 5 heteroatoms. The summed E-state index contributed by atoms with van der Waals surface area (Å²) in [5.74, 6) is -1.30. The van der Waals surface area contributed by atoms with Crippen LogP contribution in [0.15, 0.2) is 42.5 Å². The molecule has 22 heavy (non-hydrogen) atoms. The first-order valence-corrected chi connectivity index (χ1v) is 7.29. The molecule has 3 rings (SSSR count). The summed E-state index contributed by atoms with van der Waals surface area (Å²) in [6.45, 7) is 3.24. The maximum Gasteiger partial charge on any atom is 0.146 e. The molecule has 0 aromatic heterocycles. The van der Waals surface area contributed by atoms with E-state index in [1.165, 1.54) is 18.2 Å². The largest absolute Gasteiger partial charge is 0.367 e. The standard InChI is InChI=1S/C17H17F3N2/c18-14-6-5-13(16(20)11-14)12-21-7-9-22(10-8-21)17-4-2-1-3-15(17)19/h1-6,11H,7-10,12H2. The fourth-order valence-electron chi connectivity index (χ4n) is 2.75. The number of nitrogens with zero attached hydrogens (tertiary/aromatic N) is 2. The van der Waals surface area contributed by atoms with Crippen molar-refractivity contribution in [2.24, 2.45) is 0 Å². The zero-order valence-corrected chi connectivity index (χ0v) is 12.1. The van der Waals surface area contributed by atoms with Crippen LogP contribution in [0.4, 0.5) is 18.9 Å². The number of hydrogen-bond donors (Lipinski definition) is 0. The van der Waals surface area contributed by atoms with E-state index >= 15 is 0 Å². The summed E-state index contributed by atoms with van der Waals surface area (Å²) in [7, 11) is 0. The lowest BCUT2D eigenvalue weighted by atomic mass is 10.1. The second-order valence-corrected chi connectivity index (χ2v) is 5.45. The summed E-state index contributed by atoms with van der Waals surface area (Å²) in [5, 5.41) is 0. The Kier molecular flexibility index (Phi) is 4.34. The van der Waals surface area contributed by atoms with E-state index in [0.717, 1.165) is 6.07 Å². The molecule has 1 aliphatic rings. The maximum absolute atomic E-state index is 13.8. The van der Waals surface area contributed by atoms with Crippen molar-refractivity contribution in [3.8, 4) is 0 Å². The van der Waals surface area contributed by atoms with Gasteiger partial charge in [0.05, 0.1) is 5.69 Å². The number of anilines is 1. The van der Waals surface area contributed by atoms with E-state index in [2.05, 4.69) is 4.90 Å². The topological polar surface area (TPSA) is 6.48 Å². The summed E-state index contributed by atoms with van der Waals surface area (Å²) in [6, 6.07) is 10.4. The summed E-state index contributed by atoms with van der Waals surface area (Å²) in [6.07, 6.45) is 0. The van der Waals surface area contributed by atoms with Gasteiger partial charge in [-0.15, -0.1) is 0 Å². The minimum Gasteiger partial charge on any atom is -0.367 e. The van der Waals surface area contributed by atoms with Crippen LogP contribution in [-0.4, -0.2) is 31.1 Å². The zero-order valence-electron chi connectivity index (χ0n) is 12.1. The van der Waals surface area contributed by atoms with Crippen LogP contribution in [0.5, 0.6) is 0 Å². The lowest BCUT2D eigenvalue weighted by Crippen LogP contribution is -2.46. The van der Waals surface area contributed by atoms with Crippen LogP contribution in [0.25, 0.3) is 0 Å². The maximum atomic E-state index is 13.8. The number of hydrogen-bond acceptors (Lipinski definition) is 2. The molecule has 1 saturated heterocycles. The molecule has 0 amide bonds. The van der Waals surface area contributed by atoms with E-state index in [0.29, 0.717) is 44.0 Å². The van der Waals surface area contributed by atoms with Gasteiger partial charge in [0, 0.05) is 44.4 Å². The van der Waals surface area contributed by atoms with Gasteiger partial charge in [-0.05, 0) is 18.2 Å². The fraction of sp³-hybridized carbons (Fsp3) is 0.294. The van der Waals surface area contributed by atoms with Crippen molar-refractivity contribution in [2.75, 3.05) is 31.1 Å². The van der Waals surface area contributed by atoms with Crippen LogP contribution in [-0.2, 0) is 6.54 Å². The van der Waals surface area contributed by atoms with Crippen molar-refractivity contribution < 1.29 is 13.2 Å². The van der Waals surface area contributed by atoms with Crippen LogP contribution < -0.4 is 4.90 Å². The molecule has 0 atom stereocenters. The van der Waals surface area contributed by atoms with Crippen LogP contribution in [0.1, 0.15) is 5.56 Å². The summed E-state index contributed by atoms with van der Waals surface area (Å²) < 4.78 is 40.3. The average Bonchev–Trinajstić information content (AvgIpc) is 2.51. The molecule has 2 nitrogen and oxygen atoms in total. The van der Waals surface area contributed by atoms with Crippen molar-refractivity contribution in [1.29, 1.82) is 0 Å². The third kappa shape index (κ3) is 3.25. The van der Waals surface area contributed by atoms with E-state index in [-0.39, 0.29) is 5.82 Å². The molecule has 2 aromatic rings. The Hall–Kier alpha value is -2.01. The first-order valence-electron chi connectivity index (χ1n) is 7.29. The minimum absolute atomic E-state index is 0.222. The van der Waals surface area contributed by atoms with E-state index in [1.807, 2.05) is 11.0 Å². The molecule has 0 spiro atoms. The van der Waals surface area contributed by atoms with Crippen molar-refractivity contribution in [1.82, 2.24) is 4.90 Å². The highest BCUT2D eigenvalue weighted by molar-refractivity contribution is 5.48. The lowest BCUT2D eigenvalue weighted by molar-refractivity contribution is 0.246. The average molecular weight is 306 g/mol. The van der Waals surface area contributed by atoms with Crippen molar-refractivity contribution in [2.45, 2.75) is 6.54 Å². The molecule has 0 bridgehead atoms. The van der Waals surface area contributed by atoms with Gasteiger partial charge < -0.3 is 4.90 Å². The van der Waals surface area contributed by atoms with Crippen LogP contribution in [0.2, 0.25) is 0 Å². The molecular weight excluding hydrogens is 289 g/mol. The van der Waals surface area contributed by atoms with Gasteiger partial charge in [-0.25, -0.2) is 13.2 Å². The van der Waals surface area contributed by atoms with Gasteiger partial charge in [0.25, 0.3) is 0 Å². The molecule has 1 fully saturated rings. The molecular formula is C17H17F3N2. The fourth-order valence-corrected chi connectivity index (χ4v) is 2.75. The normalized spacial score (nSPS) is 16.0. The third-order valence-electron chi connectivity index (χ3n) is 3.97. The van der Waals surface area contributed by atoms with Gasteiger partial charge in [0.1, 0.15) is 17.5 Å². The Labute approximate surface area is 127 Å². The SMILES string of the molecule is Fc1ccc(CN2CCN(c3ccccc3F)CC2)c(F)c1. The monoisotopic (exact) mass is 306 g/mol. The molecule has 116 valence electrons. The highest BCUT2D eigenvalue weighted by atomic mass is 19.1. The van der Waals surface area contributed by atoms with Crippen molar-refractivity contribution >= 4 is 5.69 Å². The van der Waals surface area contributed by atoms with Crippen molar-refractivity contribution in [3.63, 3.8) is 0 Å². The van der Waals surface area contributed by atoms with Crippen LogP contribution in [0, 0.1) is 17.5 Å². The van der Waals surface area contributed by atoms with Crippen LogP contribution >= 0.6 is 0 Å². The van der Waals surface area contributed by atoms with E-state index < -0.39 is 11.6 Å². The van der Waals surface area contributed by atoms with Crippen LogP contribution in [0.3, 0.4) is 0 Å². The Morgan fingerprint density at radius 2 is 1.55 bits per heavy atom. The number of halogens is 3. The first-order chi connectivity index (χ1) is 10.6. The van der Waals surface area contributed by atoms with Crippen molar-refractivity contribution in [3.05, 3.63) is 65.5 Å². The molecule has 1 aliphatic heterocycles. The molecule has 2 aromatic carbocycles. The Bertz CT molecular complexity index is 652. The second-order valence-electron chi connectivity index (χ2n) is 5.45. The molecule has 0 saturated carbocycles. The molecule has 1 heterocycles. The number of para-hydroxylation sites is 1. The first kappa shape index (κ1) is 14.9. The minimum atomic E-state index is -0.564. The summed E-state index contributed by atoms with van der Waals surface area (Å²) in [4.78, 5) is 4.08. The second kappa shape index (κ2) is 6.40. The third-order valence-corrected chi connectivity index (χ3v) is 3.97. The quantitative estimate of drug-likeness (QED) is 0.857. The van der Waals surface area contributed by atoms with Gasteiger partial charge in [0.2, 0.25) is 0 Å². The zero-order chi connectivity index (χ0) is 15.5. The smallest absolute Gasteiger partial charge is 0.146 e. The van der Waals surface area contributed by atoms with Gasteiger partial charge in [0.15, 0.2) is 0 Å². The van der Waals surface area contributed by atoms with E-state index in [9.17, 15) is 13.2 Å². The predicted octanol–water partition coefficient (Wildman–Crippen LogP) is 3.43. The number of piperazine rings is 1. The molecule has 0 aliphatic carbocycles. The van der Waals surface area contributed by atoms with Gasteiger partial charge >= 0.3 is 0 Å². The molecule has 0 N–H and O–H groups in total. The molecule has 0 radical (unpaired) electrons. The Morgan fingerprint density at radius 1 is 0.818 bits per heavy atom. The van der Waals surface area contributed by atoms with E-state index in [4.69, 9.17) is 0 Å². The number of rotatable bonds is 3. The number of benzene rings is 2. The molecule has 0 unspecified atom stereocenters. The summed E-state index contributed by atoms with van der Waals surface area (Å²) >= 11 is 0. The summed E-state index contributed by atoms with van der Waals surface area (Å²) in [5.41, 5.74) is 1.09.